The van der Waals surface area contributed by atoms with Gasteiger partial charge in [-0.05, 0) is 31.5 Å². The third-order valence-electron chi connectivity index (χ3n) is 3.82. The molecular formula is C17H20ClN3O3. The molecule has 1 amide bonds. The lowest BCUT2D eigenvalue weighted by Crippen LogP contribution is -2.21. The molecule has 1 unspecified atom stereocenters. The van der Waals surface area contributed by atoms with Crippen molar-refractivity contribution in [3.05, 3.63) is 41.0 Å². The molecule has 3 rings (SSSR count). The van der Waals surface area contributed by atoms with Gasteiger partial charge in [-0.15, -0.1) is 5.10 Å². The lowest BCUT2D eigenvalue weighted by molar-refractivity contribution is -0.121. The Labute approximate surface area is 145 Å². The molecule has 0 radical (unpaired) electrons. The van der Waals surface area contributed by atoms with Crippen LogP contribution in [0, 0.1) is 12.8 Å². The average molecular weight is 350 g/mol. The molecule has 0 bridgehead atoms. The van der Waals surface area contributed by atoms with E-state index in [1.54, 1.807) is 10.7 Å². The monoisotopic (exact) mass is 349 g/mol. The number of anilines is 1. The highest BCUT2D eigenvalue weighted by Crippen LogP contribution is 2.18. The molecule has 6 nitrogen and oxygen atoms in total. The summed E-state index contributed by atoms with van der Waals surface area (Å²) in [5.41, 5.74) is 1.74. The van der Waals surface area contributed by atoms with Gasteiger partial charge < -0.3 is 14.8 Å². The number of hydrogen-bond donors (Lipinski definition) is 1. The molecule has 2 aromatic rings. The molecule has 24 heavy (non-hydrogen) atoms. The zero-order valence-electron chi connectivity index (χ0n) is 13.5. The van der Waals surface area contributed by atoms with Crippen LogP contribution >= 0.6 is 11.6 Å². The average Bonchev–Trinajstić information content (AvgIpc) is 3.17. The summed E-state index contributed by atoms with van der Waals surface area (Å²) >= 11 is 6.01. The minimum absolute atomic E-state index is 0.0135. The second-order valence-electron chi connectivity index (χ2n) is 5.86. The fourth-order valence-electron chi connectivity index (χ4n) is 2.62. The Balaban J connectivity index is 1.55. The number of nitrogens with zero attached hydrogens (tertiary/aromatic N) is 2. The summed E-state index contributed by atoms with van der Waals surface area (Å²) in [6, 6.07) is 9.20. The van der Waals surface area contributed by atoms with Crippen molar-refractivity contribution in [2.75, 3.05) is 31.7 Å². The van der Waals surface area contributed by atoms with Gasteiger partial charge in [-0.25, -0.2) is 4.68 Å². The van der Waals surface area contributed by atoms with Gasteiger partial charge in [-0.2, -0.15) is 0 Å². The maximum Gasteiger partial charge on any atom is 0.251 e. The van der Waals surface area contributed by atoms with Crippen molar-refractivity contribution >= 4 is 23.3 Å². The minimum Gasteiger partial charge on any atom is -0.381 e. The smallest absolute Gasteiger partial charge is 0.251 e. The standard InChI is InChI=1S/C17H20ClN3O3/c1-12-7-16(20-21(12)15-4-2-3-14(18)8-15)19-17(22)11-24-10-13-5-6-23-9-13/h2-4,7-8,13H,5-6,9-11H2,1H3,(H,19,20,22). The second kappa shape index (κ2) is 7.79. The van der Waals surface area contributed by atoms with E-state index in [1.165, 1.54) is 0 Å². The highest BCUT2D eigenvalue weighted by molar-refractivity contribution is 6.30. The summed E-state index contributed by atoms with van der Waals surface area (Å²) in [6.07, 6.45) is 0.991. The topological polar surface area (TPSA) is 65.4 Å². The van der Waals surface area contributed by atoms with Gasteiger partial charge in [0, 0.05) is 29.3 Å². The Bertz CT molecular complexity index is 711. The Morgan fingerprint density at radius 2 is 2.38 bits per heavy atom. The van der Waals surface area contributed by atoms with Crippen molar-refractivity contribution in [3.63, 3.8) is 0 Å². The van der Waals surface area contributed by atoms with E-state index >= 15 is 0 Å². The third-order valence-corrected chi connectivity index (χ3v) is 4.05. The van der Waals surface area contributed by atoms with Crippen LogP contribution in [0.25, 0.3) is 5.69 Å². The minimum atomic E-state index is -0.218. The Morgan fingerprint density at radius 3 is 3.12 bits per heavy atom. The lowest BCUT2D eigenvalue weighted by Gasteiger charge is -2.08. The first kappa shape index (κ1) is 17.0. The number of carbonyl (C=O) groups excluding carboxylic acids is 1. The van der Waals surface area contributed by atoms with Crippen LogP contribution in [0.15, 0.2) is 30.3 Å². The van der Waals surface area contributed by atoms with Gasteiger partial charge in [0.25, 0.3) is 5.91 Å². The Hall–Kier alpha value is -1.89. The fraction of sp³-hybridized carbons (Fsp3) is 0.412. The first-order valence-electron chi connectivity index (χ1n) is 7.90. The van der Waals surface area contributed by atoms with Crippen LogP contribution in [0.3, 0.4) is 0 Å². The van der Waals surface area contributed by atoms with Crippen LogP contribution in [0.2, 0.25) is 5.02 Å². The van der Waals surface area contributed by atoms with Gasteiger partial charge in [-0.3, -0.25) is 4.79 Å². The fourth-order valence-corrected chi connectivity index (χ4v) is 2.80. The van der Waals surface area contributed by atoms with Gasteiger partial charge in [0.05, 0.1) is 18.9 Å². The lowest BCUT2D eigenvalue weighted by atomic mass is 10.1. The number of halogens is 1. The summed E-state index contributed by atoms with van der Waals surface area (Å²) in [4.78, 5) is 12.0. The number of ether oxygens (including phenoxy) is 2. The molecule has 1 aromatic carbocycles. The van der Waals surface area contributed by atoms with E-state index in [-0.39, 0.29) is 12.5 Å². The molecule has 1 saturated heterocycles. The molecular weight excluding hydrogens is 330 g/mol. The molecule has 1 aromatic heterocycles. The van der Waals surface area contributed by atoms with Gasteiger partial charge in [0.15, 0.2) is 5.82 Å². The Kier molecular flexibility index (Phi) is 5.50. The van der Waals surface area contributed by atoms with E-state index in [2.05, 4.69) is 10.4 Å². The third kappa shape index (κ3) is 4.35. The van der Waals surface area contributed by atoms with E-state index in [4.69, 9.17) is 21.1 Å². The zero-order chi connectivity index (χ0) is 16.9. The van der Waals surface area contributed by atoms with Crippen molar-refractivity contribution in [3.8, 4) is 5.69 Å². The highest BCUT2D eigenvalue weighted by atomic mass is 35.5. The molecule has 0 saturated carbocycles. The largest absolute Gasteiger partial charge is 0.381 e. The molecule has 1 aliphatic rings. The second-order valence-corrected chi connectivity index (χ2v) is 6.29. The molecule has 1 fully saturated rings. The first-order chi connectivity index (χ1) is 11.6. The molecule has 1 aliphatic heterocycles. The molecule has 0 aliphatic carbocycles. The van der Waals surface area contributed by atoms with Crippen molar-refractivity contribution in [2.45, 2.75) is 13.3 Å². The van der Waals surface area contributed by atoms with E-state index in [1.807, 2.05) is 31.2 Å². The number of aromatic nitrogens is 2. The molecule has 1 atom stereocenters. The van der Waals surface area contributed by atoms with Crippen molar-refractivity contribution in [1.29, 1.82) is 0 Å². The van der Waals surface area contributed by atoms with Gasteiger partial charge >= 0.3 is 0 Å². The molecule has 7 heteroatoms. The molecule has 1 N–H and O–H groups in total. The van der Waals surface area contributed by atoms with E-state index in [9.17, 15) is 4.79 Å². The van der Waals surface area contributed by atoms with Crippen molar-refractivity contribution in [1.82, 2.24) is 9.78 Å². The summed E-state index contributed by atoms with van der Waals surface area (Å²) in [5.74, 6) is 0.664. The zero-order valence-corrected chi connectivity index (χ0v) is 14.3. The predicted octanol–water partition coefficient (Wildman–Crippen LogP) is 2.83. The number of hydrogen-bond acceptors (Lipinski definition) is 4. The molecule has 128 valence electrons. The SMILES string of the molecule is Cc1cc(NC(=O)COCC2CCOC2)nn1-c1cccc(Cl)c1. The predicted molar refractivity (Wildman–Crippen MR) is 91.7 cm³/mol. The van der Waals surface area contributed by atoms with E-state index in [0.717, 1.165) is 24.4 Å². The van der Waals surface area contributed by atoms with Crippen molar-refractivity contribution < 1.29 is 14.3 Å². The molecule has 0 spiro atoms. The molecule has 2 heterocycles. The van der Waals surface area contributed by atoms with Gasteiger partial charge in [0.2, 0.25) is 0 Å². The quantitative estimate of drug-likeness (QED) is 0.871. The summed E-state index contributed by atoms with van der Waals surface area (Å²) in [7, 11) is 0. The van der Waals surface area contributed by atoms with Crippen LogP contribution in [-0.2, 0) is 14.3 Å². The normalized spacial score (nSPS) is 17.2. The summed E-state index contributed by atoms with van der Waals surface area (Å²) in [6.45, 7) is 3.97. The van der Waals surface area contributed by atoms with Crippen molar-refractivity contribution in [2.24, 2.45) is 5.92 Å². The van der Waals surface area contributed by atoms with Crippen LogP contribution in [-0.4, -0.2) is 42.1 Å². The van der Waals surface area contributed by atoms with Crippen LogP contribution in [0.1, 0.15) is 12.1 Å². The summed E-state index contributed by atoms with van der Waals surface area (Å²) in [5, 5.41) is 7.79. The van der Waals surface area contributed by atoms with Crippen LogP contribution < -0.4 is 5.32 Å². The number of aryl methyl sites for hydroxylation is 1. The maximum atomic E-state index is 12.0. The summed E-state index contributed by atoms with van der Waals surface area (Å²) < 4.78 is 12.5. The van der Waals surface area contributed by atoms with Gasteiger partial charge in [-0.1, -0.05) is 17.7 Å². The number of nitrogens with one attached hydrogen (secondary N) is 1. The highest BCUT2D eigenvalue weighted by Gasteiger charge is 2.16. The van der Waals surface area contributed by atoms with E-state index in [0.29, 0.717) is 30.0 Å². The number of benzene rings is 1. The number of amides is 1. The number of carbonyl (C=O) groups is 1. The number of rotatable bonds is 6. The van der Waals surface area contributed by atoms with Crippen LogP contribution in [0.5, 0.6) is 0 Å². The van der Waals surface area contributed by atoms with E-state index < -0.39 is 0 Å². The maximum absolute atomic E-state index is 12.0. The van der Waals surface area contributed by atoms with Crippen LogP contribution in [0.4, 0.5) is 5.82 Å². The Morgan fingerprint density at radius 1 is 1.50 bits per heavy atom. The van der Waals surface area contributed by atoms with Gasteiger partial charge in [0.1, 0.15) is 6.61 Å². The first-order valence-corrected chi connectivity index (χ1v) is 8.27.